The lowest BCUT2D eigenvalue weighted by Crippen LogP contribution is -2.37. The summed E-state index contributed by atoms with van der Waals surface area (Å²) in [5.41, 5.74) is 0.890. The number of halogens is 1. The third-order valence-corrected chi connectivity index (χ3v) is 5.67. The average molecular weight is 411 g/mol. The zero-order chi connectivity index (χ0) is 20.3. The van der Waals surface area contributed by atoms with Crippen LogP contribution < -0.4 is 10.3 Å². The molecule has 2 fully saturated rings. The van der Waals surface area contributed by atoms with Gasteiger partial charge in [-0.1, -0.05) is 23.7 Å². The maximum absolute atomic E-state index is 13.2. The number of imide groups is 1. The molecule has 29 heavy (non-hydrogen) atoms. The van der Waals surface area contributed by atoms with Crippen LogP contribution in [0.1, 0.15) is 11.6 Å². The van der Waals surface area contributed by atoms with Crippen LogP contribution in [0, 0.1) is 5.92 Å². The first-order valence-corrected chi connectivity index (χ1v) is 9.38. The first kappa shape index (κ1) is 18.1. The lowest BCUT2D eigenvalue weighted by Gasteiger charge is -2.23. The SMILES string of the molecule is CN1O[C@@H]2C(=O)N(c3ccc(Cl)cc3)C(=O)[C@H]2[C@H]1c1coc2ccccc2c1=O. The molecule has 7 nitrogen and oxygen atoms in total. The van der Waals surface area contributed by atoms with Crippen molar-refractivity contribution in [2.45, 2.75) is 12.1 Å². The van der Waals surface area contributed by atoms with Gasteiger partial charge in [0.1, 0.15) is 5.58 Å². The molecule has 146 valence electrons. The fourth-order valence-electron chi connectivity index (χ4n) is 4.08. The minimum Gasteiger partial charge on any atom is -0.464 e. The van der Waals surface area contributed by atoms with Crippen LogP contribution >= 0.6 is 11.6 Å². The zero-order valence-corrected chi connectivity index (χ0v) is 16.0. The van der Waals surface area contributed by atoms with E-state index in [1.54, 1.807) is 55.6 Å². The van der Waals surface area contributed by atoms with Crippen molar-refractivity contribution in [2.75, 3.05) is 11.9 Å². The van der Waals surface area contributed by atoms with Crippen LogP contribution in [0.4, 0.5) is 5.69 Å². The normalized spacial score (nSPS) is 24.5. The van der Waals surface area contributed by atoms with Gasteiger partial charge in [0.25, 0.3) is 5.91 Å². The smallest absolute Gasteiger partial charge is 0.265 e. The lowest BCUT2D eigenvalue weighted by atomic mass is 9.91. The number of para-hydroxylation sites is 1. The van der Waals surface area contributed by atoms with Gasteiger partial charge in [-0.15, -0.1) is 0 Å². The Labute approximate surface area is 170 Å². The molecule has 8 heteroatoms. The van der Waals surface area contributed by atoms with Crippen molar-refractivity contribution in [2.24, 2.45) is 5.92 Å². The van der Waals surface area contributed by atoms with Crippen molar-refractivity contribution in [1.82, 2.24) is 5.06 Å². The summed E-state index contributed by atoms with van der Waals surface area (Å²) in [5, 5.41) is 2.30. The van der Waals surface area contributed by atoms with E-state index in [9.17, 15) is 14.4 Å². The molecule has 3 heterocycles. The molecule has 0 unspecified atom stereocenters. The summed E-state index contributed by atoms with van der Waals surface area (Å²) in [6, 6.07) is 12.5. The van der Waals surface area contributed by atoms with Gasteiger partial charge in [0.15, 0.2) is 11.5 Å². The monoisotopic (exact) mass is 410 g/mol. The Balaban J connectivity index is 1.59. The highest BCUT2D eigenvalue weighted by Crippen LogP contribution is 2.44. The molecule has 2 saturated heterocycles. The molecule has 0 aliphatic carbocycles. The Morgan fingerprint density at radius 3 is 2.45 bits per heavy atom. The first-order chi connectivity index (χ1) is 14.0. The van der Waals surface area contributed by atoms with Crippen LogP contribution in [0.2, 0.25) is 5.02 Å². The maximum atomic E-state index is 13.2. The van der Waals surface area contributed by atoms with Crippen molar-refractivity contribution in [3.63, 3.8) is 0 Å². The Morgan fingerprint density at radius 1 is 0.966 bits per heavy atom. The fourth-order valence-corrected chi connectivity index (χ4v) is 4.21. The molecule has 0 N–H and O–H groups in total. The first-order valence-electron chi connectivity index (χ1n) is 9.01. The largest absolute Gasteiger partial charge is 0.464 e. The van der Waals surface area contributed by atoms with Crippen LogP contribution in [0.25, 0.3) is 11.0 Å². The third-order valence-electron chi connectivity index (χ3n) is 5.42. The predicted molar refractivity (Wildman–Crippen MR) is 105 cm³/mol. The molecule has 2 aliphatic rings. The number of hydrogen-bond donors (Lipinski definition) is 0. The van der Waals surface area contributed by atoms with E-state index in [1.165, 1.54) is 11.3 Å². The van der Waals surface area contributed by atoms with Crippen molar-refractivity contribution < 1.29 is 18.8 Å². The number of anilines is 1. The van der Waals surface area contributed by atoms with E-state index in [4.69, 9.17) is 20.9 Å². The van der Waals surface area contributed by atoms with Crippen LogP contribution in [-0.4, -0.2) is 30.0 Å². The van der Waals surface area contributed by atoms with E-state index in [1.807, 2.05) is 0 Å². The summed E-state index contributed by atoms with van der Waals surface area (Å²) >= 11 is 5.91. The number of rotatable bonds is 2. The second-order valence-corrected chi connectivity index (χ2v) is 7.48. The molecule has 3 atom stereocenters. The fraction of sp³-hybridized carbons (Fsp3) is 0.190. The molecular formula is C21H15ClN2O5. The standard InChI is InChI=1S/C21H15ClN2O5/c1-23-17(14-10-28-15-5-3-2-4-13(15)18(14)25)16-19(29-23)21(27)24(20(16)26)12-8-6-11(22)7-9-12/h2-10,16-17,19H,1H3/t16-,17+,19-/m0/s1. The minimum atomic E-state index is -1.00. The molecule has 3 aromatic rings. The van der Waals surface area contributed by atoms with E-state index in [0.29, 0.717) is 21.7 Å². The quantitative estimate of drug-likeness (QED) is 0.604. The van der Waals surface area contributed by atoms with Gasteiger partial charge in [-0.25, -0.2) is 4.90 Å². The van der Waals surface area contributed by atoms with Gasteiger partial charge in [-0.2, -0.15) is 5.06 Å². The second-order valence-electron chi connectivity index (χ2n) is 7.05. The van der Waals surface area contributed by atoms with Crippen LogP contribution in [0.15, 0.2) is 64.0 Å². The molecule has 0 saturated carbocycles. The van der Waals surface area contributed by atoms with Crippen LogP contribution in [-0.2, 0) is 14.4 Å². The number of carbonyl (C=O) groups excluding carboxylic acids is 2. The Kier molecular flexibility index (Phi) is 4.06. The third kappa shape index (κ3) is 2.62. The van der Waals surface area contributed by atoms with Crippen molar-refractivity contribution in [3.8, 4) is 0 Å². The molecule has 2 aliphatic heterocycles. The van der Waals surface area contributed by atoms with Crippen LogP contribution in [0.3, 0.4) is 0 Å². The molecule has 2 aromatic carbocycles. The van der Waals surface area contributed by atoms with Crippen molar-refractivity contribution >= 4 is 40.1 Å². The van der Waals surface area contributed by atoms with E-state index >= 15 is 0 Å². The van der Waals surface area contributed by atoms with Crippen molar-refractivity contribution in [1.29, 1.82) is 0 Å². The number of nitrogens with zero attached hydrogens (tertiary/aromatic N) is 2. The zero-order valence-electron chi connectivity index (χ0n) is 15.2. The van der Waals surface area contributed by atoms with E-state index < -0.39 is 29.9 Å². The molecule has 0 bridgehead atoms. The van der Waals surface area contributed by atoms with Gasteiger partial charge in [-0.3, -0.25) is 19.2 Å². The molecule has 0 radical (unpaired) electrons. The van der Waals surface area contributed by atoms with E-state index in [0.717, 1.165) is 4.90 Å². The topological polar surface area (TPSA) is 80.1 Å². The van der Waals surface area contributed by atoms with Crippen molar-refractivity contribution in [3.05, 3.63) is 75.6 Å². The summed E-state index contributed by atoms with van der Waals surface area (Å²) in [7, 11) is 1.60. The summed E-state index contributed by atoms with van der Waals surface area (Å²) in [6.45, 7) is 0. The highest BCUT2D eigenvalue weighted by atomic mass is 35.5. The molecule has 0 spiro atoms. The molecule has 5 rings (SSSR count). The molecule has 1 aromatic heterocycles. The number of amides is 2. The van der Waals surface area contributed by atoms with Gasteiger partial charge in [-0.05, 0) is 36.4 Å². The Hall–Kier alpha value is -3.00. The maximum Gasteiger partial charge on any atom is 0.265 e. The lowest BCUT2D eigenvalue weighted by molar-refractivity contribution is -0.160. The summed E-state index contributed by atoms with van der Waals surface area (Å²) < 4.78 is 5.61. The average Bonchev–Trinajstić information content (AvgIpc) is 3.17. The highest BCUT2D eigenvalue weighted by molar-refractivity contribution is 6.31. The molecule has 2 amide bonds. The predicted octanol–water partition coefficient (Wildman–Crippen LogP) is 2.92. The van der Waals surface area contributed by atoms with Gasteiger partial charge in [0.2, 0.25) is 5.91 Å². The molecular weight excluding hydrogens is 396 g/mol. The van der Waals surface area contributed by atoms with Gasteiger partial charge < -0.3 is 4.42 Å². The van der Waals surface area contributed by atoms with E-state index in [2.05, 4.69) is 0 Å². The second kappa shape index (κ2) is 6.52. The number of carbonyl (C=O) groups is 2. The van der Waals surface area contributed by atoms with Gasteiger partial charge >= 0.3 is 0 Å². The number of fused-ring (bicyclic) bond motifs is 2. The Bertz CT molecular complexity index is 1210. The van der Waals surface area contributed by atoms with Gasteiger partial charge in [0, 0.05) is 12.1 Å². The number of hydroxylamine groups is 2. The number of benzene rings is 2. The van der Waals surface area contributed by atoms with E-state index in [-0.39, 0.29) is 11.0 Å². The summed E-state index contributed by atoms with van der Waals surface area (Å²) in [4.78, 5) is 46.0. The number of hydrogen-bond acceptors (Lipinski definition) is 6. The summed E-state index contributed by atoms with van der Waals surface area (Å²) in [6.07, 6.45) is 0.347. The highest BCUT2D eigenvalue weighted by Gasteiger charge is 2.59. The van der Waals surface area contributed by atoms with Gasteiger partial charge in [0.05, 0.1) is 34.9 Å². The minimum absolute atomic E-state index is 0.252. The van der Waals surface area contributed by atoms with Crippen LogP contribution in [0.5, 0.6) is 0 Å². The Morgan fingerprint density at radius 2 is 1.69 bits per heavy atom. The summed E-state index contributed by atoms with van der Waals surface area (Å²) in [5.74, 6) is -1.75.